The highest BCUT2D eigenvalue weighted by Gasteiger charge is 2.16. The molecule has 0 saturated heterocycles. The molecule has 0 heterocycles. The van der Waals surface area contributed by atoms with Crippen LogP contribution in [0, 0.1) is 10.5 Å². The second-order valence-electron chi connectivity index (χ2n) is 4.16. The van der Waals surface area contributed by atoms with Gasteiger partial charge >= 0.3 is 0 Å². The maximum Gasteiger partial charge on any atom is 0.0656 e. The van der Waals surface area contributed by atoms with E-state index in [2.05, 4.69) is 95.5 Å². The summed E-state index contributed by atoms with van der Waals surface area (Å²) in [7, 11) is 0. The van der Waals surface area contributed by atoms with Crippen molar-refractivity contribution in [3.63, 3.8) is 0 Å². The van der Waals surface area contributed by atoms with Gasteiger partial charge in [0.25, 0.3) is 0 Å². The smallest absolute Gasteiger partial charge is 0.0656 e. The summed E-state index contributed by atoms with van der Waals surface area (Å²) in [5, 5.41) is 0.782. The number of rotatable bonds is 2. The van der Waals surface area contributed by atoms with Gasteiger partial charge in [0, 0.05) is 12.5 Å². The monoisotopic (exact) mass is 576 g/mol. The van der Waals surface area contributed by atoms with Crippen molar-refractivity contribution in [2.75, 3.05) is 0 Å². The van der Waals surface area contributed by atoms with Crippen LogP contribution in [0.1, 0.15) is 21.5 Å². The van der Waals surface area contributed by atoms with Crippen molar-refractivity contribution in [2.45, 2.75) is 11.8 Å². The molecule has 0 bridgehead atoms. The van der Waals surface area contributed by atoms with Crippen molar-refractivity contribution in [3.05, 3.63) is 64.6 Å². The van der Waals surface area contributed by atoms with Crippen LogP contribution in [0.2, 0.25) is 5.02 Å². The van der Waals surface area contributed by atoms with Crippen LogP contribution in [0.3, 0.4) is 0 Å². The van der Waals surface area contributed by atoms with Gasteiger partial charge in [0.15, 0.2) is 0 Å². The second-order valence-corrected chi connectivity index (χ2v) is 8.35. The van der Waals surface area contributed by atoms with Crippen LogP contribution >= 0.6 is 82.0 Å². The zero-order valence-electron chi connectivity index (χ0n) is 9.85. The van der Waals surface area contributed by atoms with Gasteiger partial charge in [-0.15, -0.1) is 0 Å². The minimum Gasteiger partial charge on any atom is -0.0832 e. The Morgan fingerprint density at radius 2 is 1.79 bits per heavy atom. The Morgan fingerprint density at radius 3 is 2.42 bits per heavy atom. The van der Waals surface area contributed by atoms with Gasteiger partial charge in [0.1, 0.15) is 0 Å². The summed E-state index contributed by atoms with van der Waals surface area (Å²) in [4.78, 5) is 0.105. The van der Waals surface area contributed by atoms with Crippen LogP contribution < -0.4 is 0 Å². The van der Waals surface area contributed by atoms with Crippen LogP contribution in [0.15, 0.2) is 39.3 Å². The highest BCUT2D eigenvalue weighted by atomic mass is 127. The van der Waals surface area contributed by atoms with E-state index in [4.69, 9.17) is 11.6 Å². The summed E-state index contributed by atoms with van der Waals surface area (Å²) in [5.41, 5.74) is 3.52. The SMILES string of the molecule is Cc1cc(Br)c(C(Br)c2ccc(I)c(Cl)c2)cc1Br. The molecule has 5 heteroatoms. The van der Waals surface area contributed by atoms with E-state index in [1.165, 1.54) is 11.1 Å². The number of hydrogen-bond donors (Lipinski definition) is 0. The average Bonchev–Trinajstić information content (AvgIpc) is 2.36. The van der Waals surface area contributed by atoms with Crippen molar-refractivity contribution < 1.29 is 0 Å². The fourth-order valence-corrected chi connectivity index (χ4v) is 4.25. The van der Waals surface area contributed by atoms with Crippen LogP contribution in [0.4, 0.5) is 0 Å². The summed E-state index contributed by atoms with van der Waals surface area (Å²) in [6, 6.07) is 10.4. The van der Waals surface area contributed by atoms with Crippen LogP contribution in [0.25, 0.3) is 0 Å². The van der Waals surface area contributed by atoms with Crippen molar-refractivity contribution in [3.8, 4) is 0 Å². The average molecular weight is 579 g/mol. The van der Waals surface area contributed by atoms with Crippen LogP contribution in [-0.4, -0.2) is 0 Å². The van der Waals surface area contributed by atoms with E-state index in [9.17, 15) is 0 Å². The van der Waals surface area contributed by atoms with E-state index >= 15 is 0 Å². The third-order valence-electron chi connectivity index (χ3n) is 2.79. The third kappa shape index (κ3) is 3.76. The molecule has 2 aromatic carbocycles. The lowest BCUT2D eigenvalue weighted by atomic mass is 10.0. The number of benzene rings is 2. The molecule has 0 fully saturated rings. The first-order chi connectivity index (χ1) is 8.90. The summed E-state index contributed by atoms with van der Waals surface area (Å²) in [6.07, 6.45) is 0. The van der Waals surface area contributed by atoms with E-state index in [1.54, 1.807) is 0 Å². The third-order valence-corrected chi connectivity index (χ3v) is 6.92. The highest BCUT2D eigenvalue weighted by molar-refractivity contribution is 14.1. The fourth-order valence-electron chi connectivity index (χ4n) is 1.71. The molecule has 100 valence electrons. The quantitative estimate of drug-likeness (QED) is 0.260. The summed E-state index contributed by atoms with van der Waals surface area (Å²) in [5.74, 6) is 0. The minimum atomic E-state index is 0.105. The molecule has 0 aliphatic rings. The number of halogens is 5. The first-order valence-corrected chi connectivity index (χ1v) is 9.40. The Balaban J connectivity index is 2.46. The molecule has 0 radical (unpaired) electrons. The van der Waals surface area contributed by atoms with Crippen molar-refractivity contribution >= 4 is 82.0 Å². The summed E-state index contributed by atoms with van der Waals surface area (Å²) < 4.78 is 3.25. The molecule has 19 heavy (non-hydrogen) atoms. The van der Waals surface area contributed by atoms with Gasteiger partial charge in [-0.1, -0.05) is 65.5 Å². The molecule has 0 amide bonds. The molecule has 1 unspecified atom stereocenters. The normalized spacial score (nSPS) is 12.5. The highest BCUT2D eigenvalue weighted by Crippen LogP contribution is 2.39. The Morgan fingerprint density at radius 1 is 1.11 bits per heavy atom. The lowest BCUT2D eigenvalue weighted by molar-refractivity contribution is 1.15. The molecule has 2 aromatic rings. The second kappa shape index (κ2) is 6.77. The molecule has 0 spiro atoms. The maximum absolute atomic E-state index is 6.19. The van der Waals surface area contributed by atoms with Gasteiger partial charge in [-0.25, -0.2) is 0 Å². The fraction of sp³-hybridized carbons (Fsp3) is 0.143. The van der Waals surface area contributed by atoms with Crippen LogP contribution in [0.5, 0.6) is 0 Å². The number of alkyl halides is 1. The molecule has 1 atom stereocenters. The molecular weight excluding hydrogens is 570 g/mol. The van der Waals surface area contributed by atoms with Crippen molar-refractivity contribution in [1.29, 1.82) is 0 Å². The number of aryl methyl sites for hydroxylation is 1. The van der Waals surface area contributed by atoms with E-state index in [0.717, 1.165) is 23.1 Å². The van der Waals surface area contributed by atoms with Gasteiger partial charge in [0.05, 0.1) is 9.85 Å². The van der Waals surface area contributed by atoms with Crippen molar-refractivity contribution in [2.24, 2.45) is 0 Å². The minimum absolute atomic E-state index is 0.105. The van der Waals surface area contributed by atoms with E-state index < -0.39 is 0 Å². The molecule has 2 rings (SSSR count). The predicted molar refractivity (Wildman–Crippen MR) is 102 cm³/mol. The maximum atomic E-state index is 6.19. The van der Waals surface area contributed by atoms with Gasteiger partial charge in [-0.3, -0.25) is 0 Å². The number of hydrogen-bond acceptors (Lipinski definition) is 0. The van der Waals surface area contributed by atoms with Gasteiger partial charge in [0.2, 0.25) is 0 Å². The molecule has 0 saturated carbocycles. The molecule has 0 aliphatic carbocycles. The van der Waals surface area contributed by atoms with Gasteiger partial charge < -0.3 is 0 Å². The molecule has 0 nitrogen and oxygen atoms in total. The van der Waals surface area contributed by atoms with Crippen LogP contribution in [-0.2, 0) is 0 Å². The molecular formula is C14H9Br3ClI. The van der Waals surface area contributed by atoms with Gasteiger partial charge in [-0.05, 0) is 70.5 Å². The summed E-state index contributed by atoms with van der Waals surface area (Å²) >= 11 is 19.4. The van der Waals surface area contributed by atoms with Crippen molar-refractivity contribution in [1.82, 2.24) is 0 Å². The first-order valence-electron chi connectivity index (χ1n) is 5.44. The lowest BCUT2D eigenvalue weighted by Gasteiger charge is -2.15. The Bertz CT molecular complexity index is 628. The largest absolute Gasteiger partial charge is 0.0832 e. The predicted octanol–water partition coefficient (Wildman–Crippen LogP) is 7.26. The van der Waals surface area contributed by atoms with E-state index in [0.29, 0.717) is 0 Å². The first kappa shape index (κ1) is 16.3. The Kier molecular flexibility index (Phi) is 5.80. The van der Waals surface area contributed by atoms with E-state index in [1.807, 2.05) is 12.1 Å². The Hall–Kier alpha value is 0.900. The van der Waals surface area contributed by atoms with Gasteiger partial charge in [-0.2, -0.15) is 0 Å². The molecule has 0 N–H and O–H groups in total. The standard InChI is InChI=1S/C14H9Br3ClI/c1-7-4-11(16)9(6-10(7)15)14(17)8-2-3-13(19)12(18)5-8/h2-6,14H,1H3. The summed E-state index contributed by atoms with van der Waals surface area (Å²) in [6.45, 7) is 2.07. The zero-order valence-corrected chi connectivity index (χ0v) is 17.5. The lowest BCUT2D eigenvalue weighted by Crippen LogP contribution is -1.96. The Labute approximate surface area is 156 Å². The van der Waals surface area contributed by atoms with E-state index in [-0.39, 0.29) is 4.83 Å². The topological polar surface area (TPSA) is 0 Å². The zero-order chi connectivity index (χ0) is 14.2. The molecule has 0 aromatic heterocycles. The molecule has 0 aliphatic heterocycles.